The molecule has 1 aliphatic rings. The number of carbonyl (C=O) groups excluding carboxylic acids is 2. The predicted molar refractivity (Wildman–Crippen MR) is 106 cm³/mol. The maximum atomic E-state index is 12.6. The molecule has 6 nitrogen and oxygen atoms in total. The van der Waals surface area contributed by atoms with Crippen LogP contribution in [-0.4, -0.2) is 42.7 Å². The summed E-state index contributed by atoms with van der Waals surface area (Å²) in [6, 6.07) is 13.9. The van der Waals surface area contributed by atoms with Gasteiger partial charge in [-0.3, -0.25) is 15.0 Å². The van der Waals surface area contributed by atoms with Gasteiger partial charge in [-0.1, -0.05) is 24.3 Å². The molecule has 0 bridgehead atoms. The highest BCUT2D eigenvalue weighted by Crippen LogP contribution is 2.17. The Morgan fingerprint density at radius 3 is 2.19 bits per heavy atom. The fraction of sp³-hybridized carbons (Fsp3) is 0.286. The maximum Gasteiger partial charge on any atom is 0.255 e. The van der Waals surface area contributed by atoms with Crippen LogP contribution in [-0.2, 0) is 0 Å². The number of piperidine rings is 1. The highest BCUT2D eigenvalue weighted by atomic mass is 16.2. The van der Waals surface area contributed by atoms with Crippen LogP contribution >= 0.6 is 0 Å². The van der Waals surface area contributed by atoms with Crippen molar-refractivity contribution in [2.75, 3.05) is 25.5 Å². The van der Waals surface area contributed by atoms with Crippen molar-refractivity contribution in [1.29, 1.82) is 5.41 Å². The van der Waals surface area contributed by atoms with Gasteiger partial charge in [0.05, 0.1) is 11.3 Å². The first-order chi connectivity index (χ1) is 13.1. The molecule has 0 atom stereocenters. The second-order valence-corrected chi connectivity index (χ2v) is 6.55. The van der Waals surface area contributed by atoms with Gasteiger partial charge in [-0.05, 0) is 43.5 Å². The SMILES string of the molecule is CNC(=O)c1ccccc1NC(=O)c1ccc(C(=N)N2CCCCC2)cc1. The average molecular weight is 364 g/mol. The number of benzene rings is 2. The van der Waals surface area contributed by atoms with Gasteiger partial charge in [0.2, 0.25) is 0 Å². The molecule has 140 valence electrons. The third-order valence-corrected chi connectivity index (χ3v) is 4.74. The minimum Gasteiger partial charge on any atom is -0.357 e. The molecule has 0 radical (unpaired) electrons. The molecule has 1 heterocycles. The van der Waals surface area contributed by atoms with Crippen molar-refractivity contribution in [3.05, 3.63) is 65.2 Å². The average Bonchev–Trinajstić information content (AvgIpc) is 2.73. The Labute approximate surface area is 159 Å². The molecule has 3 rings (SSSR count). The fourth-order valence-electron chi connectivity index (χ4n) is 3.20. The molecule has 2 amide bonds. The molecule has 0 aromatic heterocycles. The number of rotatable bonds is 4. The van der Waals surface area contributed by atoms with Crippen molar-refractivity contribution >= 4 is 23.3 Å². The van der Waals surface area contributed by atoms with Crippen LogP contribution in [0.25, 0.3) is 0 Å². The summed E-state index contributed by atoms with van der Waals surface area (Å²) in [7, 11) is 1.55. The summed E-state index contributed by atoms with van der Waals surface area (Å²) in [6.07, 6.45) is 3.46. The summed E-state index contributed by atoms with van der Waals surface area (Å²) in [5, 5.41) is 13.7. The number of nitrogens with one attached hydrogen (secondary N) is 3. The van der Waals surface area contributed by atoms with Gasteiger partial charge in [0.15, 0.2) is 0 Å². The highest BCUT2D eigenvalue weighted by Gasteiger charge is 2.16. The van der Waals surface area contributed by atoms with E-state index in [2.05, 4.69) is 15.5 Å². The van der Waals surface area contributed by atoms with E-state index in [0.717, 1.165) is 31.5 Å². The lowest BCUT2D eigenvalue weighted by molar-refractivity contribution is 0.0964. The van der Waals surface area contributed by atoms with Crippen LogP contribution < -0.4 is 10.6 Å². The van der Waals surface area contributed by atoms with Gasteiger partial charge in [0.1, 0.15) is 5.84 Å². The molecule has 27 heavy (non-hydrogen) atoms. The van der Waals surface area contributed by atoms with Crippen LogP contribution in [0.5, 0.6) is 0 Å². The van der Waals surface area contributed by atoms with Crippen LogP contribution in [0.3, 0.4) is 0 Å². The fourth-order valence-corrected chi connectivity index (χ4v) is 3.20. The summed E-state index contributed by atoms with van der Waals surface area (Å²) in [5.41, 5.74) is 2.17. The molecule has 3 N–H and O–H groups in total. The van der Waals surface area contributed by atoms with Gasteiger partial charge < -0.3 is 15.5 Å². The standard InChI is InChI=1S/C21H24N4O2/c1-23-21(27)17-7-3-4-8-18(17)24-20(26)16-11-9-15(10-12-16)19(22)25-13-5-2-6-14-25/h3-4,7-12,22H,2,5-6,13-14H2,1H3,(H,23,27)(H,24,26). The largest absolute Gasteiger partial charge is 0.357 e. The number of amides is 2. The molecule has 2 aromatic carbocycles. The lowest BCUT2D eigenvalue weighted by atomic mass is 10.1. The van der Waals surface area contributed by atoms with Gasteiger partial charge in [-0.2, -0.15) is 0 Å². The smallest absolute Gasteiger partial charge is 0.255 e. The molecular formula is C21H24N4O2. The quantitative estimate of drug-likeness (QED) is 0.576. The first-order valence-electron chi connectivity index (χ1n) is 9.16. The van der Waals surface area contributed by atoms with Crippen molar-refractivity contribution in [2.24, 2.45) is 0 Å². The Balaban J connectivity index is 1.71. The van der Waals surface area contributed by atoms with E-state index < -0.39 is 0 Å². The van der Waals surface area contributed by atoms with E-state index in [1.54, 1.807) is 55.6 Å². The van der Waals surface area contributed by atoms with E-state index in [1.807, 2.05) is 0 Å². The van der Waals surface area contributed by atoms with E-state index in [9.17, 15) is 9.59 Å². The second kappa shape index (κ2) is 8.49. The zero-order valence-electron chi connectivity index (χ0n) is 15.4. The Morgan fingerprint density at radius 1 is 0.889 bits per heavy atom. The van der Waals surface area contributed by atoms with Gasteiger partial charge in [-0.15, -0.1) is 0 Å². The Hall–Kier alpha value is -3.15. The number of hydrogen-bond acceptors (Lipinski definition) is 3. The Kier molecular flexibility index (Phi) is 5.86. The minimum atomic E-state index is -0.289. The van der Waals surface area contributed by atoms with E-state index in [0.29, 0.717) is 22.6 Å². The number of para-hydroxylation sites is 1. The van der Waals surface area contributed by atoms with Crippen molar-refractivity contribution in [1.82, 2.24) is 10.2 Å². The predicted octanol–water partition coefficient (Wildman–Crippen LogP) is 3.11. The summed E-state index contributed by atoms with van der Waals surface area (Å²) in [6.45, 7) is 1.83. The maximum absolute atomic E-state index is 12.6. The number of likely N-dealkylation sites (tertiary alicyclic amines) is 1. The summed E-state index contributed by atoms with van der Waals surface area (Å²) >= 11 is 0. The number of nitrogens with zero attached hydrogens (tertiary/aromatic N) is 1. The molecule has 0 aliphatic carbocycles. The lowest BCUT2D eigenvalue weighted by Crippen LogP contribution is -2.35. The van der Waals surface area contributed by atoms with Gasteiger partial charge in [0.25, 0.3) is 11.8 Å². The monoisotopic (exact) mass is 364 g/mol. The minimum absolute atomic E-state index is 0.253. The molecule has 1 saturated heterocycles. The number of anilines is 1. The van der Waals surface area contributed by atoms with Gasteiger partial charge >= 0.3 is 0 Å². The zero-order chi connectivity index (χ0) is 19.2. The highest BCUT2D eigenvalue weighted by molar-refractivity contribution is 6.09. The molecule has 1 aliphatic heterocycles. The second-order valence-electron chi connectivity index (χ2n) is 6.55. The number of hydrogen-bond donors (Lipinski definition) is 3. The van der Waals surface area contributed by atoms with Crippen molar-refractivity contribution in [3.63, 3.8) is 0 Å². The Bertz CT molecular complexity index is 840. The number of carbonyl (C=O) groups is 2. The first-order valence-corrected chi connectivity index (χ1v) is 9.16. The summed E-state index contributed by atoms with van der Waals surface area (Å²) in [5.74, 6) is -0.0368. The molecule has 0 unspecified atom stereocenters. The van der Waals surface area contributed by atoms with Gasteiger partial charge in [0, 0.05) is 31.3 Å². The van der Waals surface area contributed by atoms with E-state index in [4.69, 9.17) is 5.41 Å². The normalized spacial score (nSPS) is 13.7. The summed E-state index contributed by atoms with van der Waals surface area (Å²) in [4.78, 5) is 26.6. The molecule has 0 spiro atoms. The van der Waals surface area contributed by atoms with Crippen molar-refractivity contribution in [3.8, 4) is 0 Å². The molecule has 6 heteroatoms. The summed E-state index contributed by atoms with van der Waals surface area (Å²) < 4.78 is 0. The molecule has 2 aromatic rings. The zero-order valence-corrected chi connectivity index (χ0v) is 15.4. The van der Waals surface area contributed by atoms with Crippen LogP contribution in [0.4, 0.5) is 5.69 Å². The molecular weight excluding hydrogens is 340 g/mol. The molecule has 0 saturated carbocycles. The van der Waals surface area contributed by atoms with E-state index in [-0.39, 0.29) is 11.8 Å². The topological polar surface area (TPSA) is 85.3 Å². The van der Waals surface area contributed by atoms with Crippen LogP contribution in [0.15, 0.2) is 48.5 Å². The van der Waals surface area contributed by atoms with Gasteiger partial charge in [-0.25, -0.2) is 0 Å². The number of amidine groups is 1. The van der Waals surface area contributed by atoms with E-state index in [1.165, 1.54) is 6.42 Å². The van der Waals surface area contributed by atoms with Crippen molar-refractivity contribution < 1.29 is 9.59 Å². The van der Waals surface area contributed by atoms with Crippen LogP contribution in [0, 0.1) is 5.41 Å². The molecule has 1 fully saturated rings. The third kappa shape index (κ3) is 4.34. The van der Waals surface area contributed by atoms with Crippen LogP contribution in [0.2, 0.25) is 0 Å². The first kappa shape index (κ1) is 18.6. The third-order valence-electron chi connectivity index (χ3n) is 4.74. The van der Waals surface area contributed by atoms with Crippen molar-refractivity contribution in [2.45, 2.75) is 19.3 Å². The van der Waals surface area contributed by atoms with E-state index >= 15 is 0 Å². The lowest BCUT2D eigenvalue weighted by Gasteiger charge is -2.29. The van der Waals surface area contributed by atoms with Crippen LogP contribution in [0.1, 0.15) is 45.5 Å². The Morgan fingerprint density at radius 2 is 1.52 bits per heavy atom.